The Bertz CT molecular complexity index is 654. The smallest absolute Gasteiger partial charge is 0.205 e. The summed E-state index contributed by atoms with van der Waals surface area (Å²) in [4.78, 5) is 10.6. The maximum atomic E-state index is 5.52. The molecule has 0 atom stereocenters. The zero-order valence-electron chi connectivity index (χ0n) is 15.4. The van der Waals surface area contributed by atoms with Gasteiger partial charge >= 0.3 is 0 Å². The first-order valence-electron chi connectivity index (χ1n) is 8.58. The molecule has 0 bridgehead atoms. The number of methoxy groups -OCH3 is 3. The number of H-pyrrole nitrogens is 1. The van der Waals surface area contributed by atoms with E-state index in [0.717, 1.165) is 42.9 Å². The number of ether oxygens (including phenoxy) is 3. The van der Waals surface area contributed by atoms with Crippen molar-refractivity contribution in [3.63, 3.8) is 0 Å². The van der Waals surface area contributed by atoms with Crippen LogP contribution in [0, 0.1) is 0 Å². The lowest BCUT2D eigenvalue weighted by Crippen LogP contribution is -2.25. The highest BCUT2D eigenvalue weighted by Gasteiger charge is 2.19. The first kappa shape index (κ1) is 18.4. The number of hydrogen-bond acceptors (Lipinski definition) is 5. The fraction of sp³-hybridized carbons (Fsp3) is 0.611. The van der Waals surface area contributed by atoms with Crippen LogP contribution in [0.2, 0.25) is 0 Å². The van der Waals surface area contributed by atoms with Crippen molar-refractivity contribution in [1.82, 2.24) is 14.9 Å². The molecule has 2 rings (SSSR count). The Morgan fingerprint density at radius 3 is 2.33 bits per heavy atom. The van der Waals surface area contributed by atoms with Gasteiger partial charge in [0.05, 0.1) is 33.4 Å². The van der Waals surface area contributed by atoms with Gasteiger partial charge in [-0.25, -0.2) is 4.98 Å². The number of hydrogen-bond donors (Lipinski definition) is 1. The molecule has 1 N–H and O–H groups in total. The zero-order valence-corrected chi connectivity index (χ0v) is 15.4. The molecule has 1 aromatic heterocycles. The molecule has 134 valence electrons. The molecule has 6 nitrogen and oxygen atoms in total. The largest absolute Gasteiger partial charge is 0.493 e. The Hall–Kier alpha value is -1.95. The molecule has 1 aromatic carbocycles. The van der Waals surface area contributed by atoms with E-state index >= 15 is 0 Å². The fourth-order valence-corrected chi connectivity index (χ4v) is 2.92. The van der Waals surface area contributed by atoms with Crippen molar-refractivity contribution < 1.29 is 14.2 Å². The average molecular weight is 335 g/mol. The van der Waals surface area contributed by atoms with Crippen LogP contribution in [0.5, 0.6) is 17.2 Å². The number of imidazole rings is 1. The summed E-state index contributed by atoms with van der Waals surface area (Å²) in [5.41, 5.74) is 1.67. The van der Waals surface area contributed by atoms with E-state index in [0.29, 0.717) is 17.2 Å². The second kappa shape index (κ2) is 8.78. The number of unbranched alkanes of at least 4 members (excludes halogenated alkanes) is 1. The molecule has 1 heterocycles. The molecule has 2 aromatic rings. The summed E-state index contributed by atoms with van der Waals surface area (Å²) < 4.78 is 16.4. The van der Waals surface area contributed by atoms with Crippen LogP contribution in [0.1, 0.15) is 38.9 Å². The monoisotopic (exact) mass is 335 g/mol. The van der Waals surface area contributed by atoms with E-state index in [1.807, 2.05) is 6.07 Å². The molecule has 0 aliphatic carbocycles. The molecule has 0 saturated heterocycles. The molecule has 0 amide bonds. The van der Waals surface area contributed by atoms with Gasteiger partial charge in [-0.3, -0.25) is 4.90 Å². The van der Waals surface area contributed by atoms with Gasteiger partial charge in [0.15, 0.2) is 11.5 Å². The summed E-state index contributed by atoms with van der Waals surface area (Å²) in [6, 6.07) is 1.91. The lowest BCUT2D eigenvalue weighted by molar-refractivity contribution is 0.256. The van der Waals surface area contributed by atoms with Crippen LogP contribution in [0.3, 0.4) is 0 Å². The molecule has 0 fully saturated rings. The molecule has 0 unspecified atom stereocenters. The summed E-state index contributed by atoms with van der Waals surface area (Å²) in [5, 5.41) is 0. The highest BCUT2D eigenvalue weighted by atomic mass is 16.5. The van der Waals surface area contributed by atoms with Crippen molar-refractivity contribution in [2.75, 3.05) is 34.4 Å². The van der Waals surface area contributed by atoms with Gasteiger partial charge in [0.25, 0.3) is 0 Å². The third-order valence-electron chi connectivity index (χ3n) is 4.07. The minimum Gasteiger partial charge on any atom is -0.493 e. The molecular formula is C18H29N3O3. The van der Waals surface area contributed by atoms with E-state index in [1.54, 1.807) is 21.3 Å². The Morgan fingerprint density at radius 2 is 1.75 bits per heavy atom. The van der Waals surface area contributed by atoms with Gasteiger partial charge in [-0.2, -0.15) is 0 Å². The lowest BCUT2D eigenvalue weighted by atomic mass is 10.2. The second-order valence-corrected chi connectivity index (χ2v) is 5.85. The van der Waals surface area contributed by atoms with E-state index in [2.05, 4.69) is 23.7 Å². The number of aromatic nitrogens is 2. The van der Waals surface area contributed by atoms with Crippen molar-refractivity contribution in [2.45, 2.75) is 39.7 Å². The zero-order chi connectivity index (χ0) is 17.5. The second-order valence-electron chi connectivity index (χ2n) is 5.85. The van der Waals surface area contributed by atoms with Gasteiger partial charge in [-0.1, -0.05) is 20.3 Å². The van der Waals surface area contributed by atoms with Crippen LogP contribution in [0.25, 0.3) is 11.0 Å². The predicted molar refractivity (Wildman–Crippen MR) is 96.2 cm³/mol. The van der Waals surface area contributed by atoms with E-state index in [9.17, 15) is 0 Å². The highest BCUT2D eigenvalue weighted by Crippen LogP contribution is 2.42. The normalized spacial score (nSPS) is 11.2. The van der Waals surface area contributed by atoms with Crippen LogP contribution in [-0.2, 0) is 6.54 Å². The van der Waals surface area contributed by atoms with Gasteiger partial charge in [0, 0.05) is 6.07 Å². The summed E-state index contributed by atoms with van der Waals surface area (Å²) in [6.07, 6.45) is 3.53. The topological polar surface area (TPSA) is 59.6 Å². The number of aromatic amines is 1. The third kappa shape index (κ3) is 3.93. The van der Waals surface area contributed by atoms with Crippen LogP contribution in [0.15, 0.2) is 6.07 Å². The number of nitrogens with one attached hydrogen (secondary N) is 1. The first-order valence-corrected chi connectivity index (χ1v) is 8.58. The minimum absolute atomic E-state index is 0.571. The Labute approximate surface area is 144 Å². The Morgan fingerprint density at radius 1 is 1.00 bits per heavy atom. The summed E-state index contributed by atoms with van der Waals surface area (Å²) in [5.74, 6) is 2.74. The first-order chi connectivity index (χ1) is 11.7. The van der Waals surface area contributed by atoms with Gasteiger partial charge < -0.3 is 19.2 Å². The van der Waals surface area contributed by atoms with E-state index < -0.39 is 0 Å². The molecular weight excluding hydrogens is 306 g/mol. The molecule has 0 radical (unpaired) electrons. The highest BCUT2D eigenvalue weighted by molar-refractivity contribution is 5.87. The Kier molecular flexibility index (Phi) is 6.73. The number of benzene rings is 1. The average Bonchev–Trinajstić information content (AvgIpc) is 2.99. The van der Waals surface area contributed by atoms with Crippen LogP contribution < -0.4 is 14.2 Å². The fourth-order valence-electron chi connectivity index (χ4n) is 2.92. The predicted octanol–water partition coefficient (Wildman–Crippen LogP) is 3.60. The van der Waals surface area contributed by atoms with E-state index in [-0.39, 0.29) is 0 Å². The molecule has 6 heteroatoms. The number of nitrogens with zero attached hydrogens (tertiary/aromatic N) is 2. The van der Waals surface area contributed by atoms with Crippen molar-refractivity contribution in [1.29, 1.82) is 0 Å². The molecule has 0 aliphatic rings. The number of fused-ring (bicyclic) bond motifs is 1. The van der Waals surface area contributed by atoms with Crippen LogP contribution >= 0.6 is 0 Å². The van der Waals surface area contributed by atoms with E-state index in [1.165, 1.54) is 12.8 Å². The van der Waals surface area contributed by atoms with Gasteiger partial charge in [0.1, 0.15) is 11.3 Å². The van der Waals surface area contributed by atoms with Gasteiger partial charge in [-0.05, 0) is 25.9 Å². The molecule has 24 heavy (non-hydrogen) atoms. The van der Waals surface area contributed by atoms with Crippen molar-refractivity contribution in [2.24, 2.45) is 0 Å². The van der Waals surface area contributed by atoms with Crippen LogP contribution in [-0.4, -0.2) is 49.3 Å². The summed E-state index contributed by atoms with van der Waals surface area (Å²) in [6.45, 7) is 7.38. The molecule has 0 saturated carbocycles. The lowest BCUT2D eigenvalue weighted by Gasteiger charge is -2.19. The van der Waals surface area contributed by atoms with Crippen LogP contribution in [0.4, 0.5) is 0 Å². The maximum absolute atomic E-state index is 5.52. The molecule has 0 aliphatic heterocycles. The Balaban J connectivity index is 2.35. The minimum atomic E-state index is 0.571. The molecule has 0 spiro atoms. The quantitative estimate of drug-likeness (QED) is 0.719. The SMILES string of the molecule is CCCCN(CCC)Cc1nc2c(OC)c(OC)c(OC)cc2[nH]1. The third-order valence-corrected chi connectivity index (χ3v) is 4.07. The van der Waals surface area contributed by atoms with Gasteiger partial charge in [0.2, 0.25) is 5.75 Å². The number of rotatable bonds is 10. The van der Waals surface area contributed by atoms with Crippen molar-refractivity contribution in [3.05, 3.63) is 11.9 Å². The van der Waals surface area contributed by atoms with E-state index in [4.69, 9.17) is 19.2 Å². The van der Waals surface area contributed by atoms with Crippen molar-refractivity contribution >= 4 is 11.0 Å². The van der Waals surface area contributed by atoms with Gasteiger partial charge in [-0.15, -0.1) is 0 Å². The standard InChI is InChI=1S/C18H29N3O3/c1-6-8-10-21(9-7-2)12-15-19-13-11-14(22-3)17(23-4)18(24-5)16(13)20-15/h11H,6-10,12H2,1-5H3,(H,19,20). The summed E-state index contributed by atoms with van der Waals surface area (Å²) >= 11 is 0. The summed E-state index contributed by atoms with van der Waals surface area (Å²) in [7, 11) is 4.84. The maximum Gasteiger partial charge on any atom is 0.205 e. The van der Waals surface area contributed by atoms with Crippen molar-refractivity contribution in [3.8, 4) is 17.2 Å².